The molecule has 5 nitrogen and oxygen atoms in total. The lowest BCUT2D eigenvalue weighted by molar-refractivity contribution is 0.0669. The van der Waals surface area contributed by atoms with Crippen LogP contribution in [-0.4, -0.2) is 22.9 Å². The number of aryl methyl sites for hydroxylation is 1. The highest BCUT2D eigenvalue weighted by Crippen LogP contribution is 2.42. The third kappa shape index (κ3) is 4.19. The first-order valence-corrected chi connectivity index (χ1v) is 10.0. The zero-order valence-electron chi connectivity index (χ0n) is 17.1. The molecular weight excluding hydrogens is 364 g/mol. The Morgan fingerprint density at radius 2 is 2.00 bits per heavy atom. The van der Waals surface area contributed by atoms with Crippen molar-refractivity contribution in [2.24, 2.45) is 0 Å². The van der Waals surface area contributed by atoms with E-state index in [4.69, 9.17) is 9.15 Å². The molecule has 1 amide bonds. The fraction of sp³-hybridized carbons (Fsp3) is 0.333. The first-order valence-electron chi connectivity index (χ1n) is 10.0. The standard InChI is InChI=1S/C24H26N2O3/c1-16(18-9-11-21(28-3)12-10-18)26(15-20-6-4-5-13-25-20)24(27)22-14-23(19-7-8-19)29-17(22)2/h4-6,9-14,16,19H,7-8,15H2,1-3H3. The second-order valence-corrected chi connectivity index (χ2v) is 7.60. The first-order chi connectivity index (χ1) is 14.1. The van der Waals surface area contributed by atoms with Gasteiger partial charge in [0.05, 0.1) is 31.0 Å². The van der Waals surface area contributed by atoms with Crippen LogP contribution in [0.15, 0.2) is 59.1 Å². The number of methoxy groups -OCH3 is 1. The summed E-state index contributed by atoms with van der Waals surface area (Å²) in [6, 6.07) is 15.4. The van der Waals surface area contributed by atoms with Crippen LogP contribution >= 0.6 is 0 Å². The fourth-order valence-electron chi connectivity index (χ4n) is 3.55. The highest BCUT2D eigenvalue weighted by Gasteiger charge is 2.31. The number of rotatable bonds is 7. The van der Waals surface area contributed by atoms with Crippen LogP contribution in [0, 0.1) is 6.92 Å². The van der Waals surface area contributed by atoms with Crippen molar-refractivity contribution in [1.82, 2.24) is 9.88 Å². The summed E-state index contributed by atoms with van der Waals surface area (Å²) < 4.78 is 11.2. The van der Waals surface area contributed by atoms with Crippen molar-refractivity contribution in [3.63, 3.8) is 0 Å². The maximum atomic E-state index is 13.6. The van der Waals surface area contributed by atoms with Gasteiger partial charge in [0.15, 0.2) is 0 Å². The summed E-state index contributed by atoms with van der Waals surface area (Å²) in [6.45, 7) is 4.34. The molecule has 1 atom stereocenters. The van der Waals surface area contributed by atoms with Crippen molar-refractivity contribution < 1.29 is 13.9 Å². The first kappa shape index (κ1) is 19.2. The third-order valence-electron chi connectivity index (χ3n) is 5.53. The molecular formula is C24H26N2O3. The number of hydrogen-bond acceptors (Lipinski definition) is 4. The van der Waals surface area contributed by atoms with Gasteiger partial charge in [0.2, 0.25) is 0 Å². The average molecular weight is 390 g/mol. The number of nitrogens with zero attached hydrogens (tertiary/aromatic N) is 2. The van der Waals surface area contributed by atoms with Gasteiger partial charge < -0.3 is 14.1 Å². The average Bonchev–Trinajstić information content (AvgIpc) is 3.54. The Balaban J connectivity index is 1.66. The number of aromatic nitrogens is 1. The molecule has 4 rings (SSSR count). The molecule has 150 valence electrons. The summed E-state index contributed by atoms with van der Waals surface area (Å²) in [7, 11) is 1.65. The van der Waals surface area contributed by atoms with Gasteiger partial charge >= 0.3 is 0 Å². The zero-order valence-corrected chi connectivity index (χ0v) is 17.1. The van der Waals surface area contributed by atoms with Crippen molar-refractivity contribution in [2.75, 3.05) is 7.11 Å². The Labute approximate surface area is 171 Å². The van der Waals surface area contributed by atoms with Gasteiger partial charge in [-0.25, -0.2) is 0 Å². The van der Waals surface area contributed by atoms with Gasteiger partial charge in [-0.05, 0) is 62.6 Å². The van der Waals surface area contributed by atoms with Gasteiger partial charge in [0.25, 0.3) is 5.91 Å². The van der Waals surface area contributed by atoms with Gasteiger partial charge in [0, 0.05) is 12.1 Å². The maximum absolute atomic E-state index is 13.6. The number of hydrogen-bond donors (Lipinski definition) is 0. The molecule has 0 N–H and O–H groups in total. The Morgan fingerprint density at radius 3 is 2.62 bits per heavy atom. The van der Waals surface area contributed by atoms with Gasteiger partial charge in [0.1, 0.15) is 17.3 Å². The van der Waals surface area contributed by atoms with Crippen molar-refractivity contribution >= 4 is 5.91 Å². The number of pyridine rings is 1. The fourth-order valence-corrected chi connectivity index (χ4v) is 3.55. The molecule has 0 bridgehead atoms. The van der Waals surface area contributed by atoms with E-state index in [1.54, 1.807) is 13.3 Å². The monoisotopic (exact) mass is 390 g/mol. The van der Waals surface area contributed by atoms with Crippen molar-refractivity contribution in [3.05, 3.63) is 83.1 Å². The molecule has 0 spiro atoms. The van der Waals surface area contributed by atoms with Gasteiger partial charge in [-0.2, -0.15) is 0 Å². The normalized spacial score (nSPS) is 14.4. The number of carbonyl (C=O) groups excluding carboxylic acids is 1. The molecule has 3 aromatic rings. The van der Waals surface area contributed by atoms with E-state index in [2.05, 4.69) is 4.98 Å². The molecule has 2 aromatic heterocycles. The van der Waals surface area contributed by atoms with E-state index in [1.165, 1.54) is 0 Å². The molecule has 1 unspecified atom stereocenters. The maximum Gasteiger partial charge on any atom is 0.258 e. The molecule has 1 aliphatic rings. The van der Waals surface area contributed by atoms with Crippen molar-refractivity contribution in [2.45, 2.75) is 45.2 Å². The van der Waals surface area contributed by atoms with Crippen LogP contribution in [0.3, 0.4) is 0 Å². The Morgan fingerprint density at radius 1 is 1.24 bits per heavy atom. The van der Waals surface area contributed by atoms with E-state index in [9.17, 15) is 4.79 Å². The molecule has 0 aliphatic heterocycles. The lowest BCUT2D eigenvalue weighted by atomic mass is 10.0. The van der Waals surface area contributed by atoms with Gasteiger partial charge in [-0.3, -0.25) is 9.78 Å². The molecule has 1 fully saturated rings. The summed E-state index contributed by atoms with van der Waals surface area (Å²) in [6.07, 6.45) is 4.03. The summed E-state index contributed by atoms with van der Waals surface area (Å²) >= 11 is 0. The van der Waals surface area contributed by atoms with Gasteiger partial charge in [-0.15, -0.1) is 0 Å². The van der Waals surface area contributed by atoms with E-state index < -0.39 is 0 Å². The van der Waals surface area contributed by atoms with Crippen LogP contribution in [0.2, 0.25) is 0 Å². The van der Waals surface area contributed by atoms with E-state index in [0.717, 1.165) is 35.6 Å². The lowest BCUT2D eigenvalue weighted by Crippen LogP contribution is -2.33. The molecule has 5 heteroatoms. The van der Waals surface area contributed by atoms with E-state index in [-0.39, 0.29) is 11.9 Å². The quantitative estimate of drug-likeness (QED) is 0.551. The molecule has 0 radical (unpaired) electrons. The molecule has 0 saturated heterocycles. The molecule has 29 heavy (non-hydrogen) atoms. The predicted octanol–water partition coefficient (Wildman–Crippen LogP) is 5.27. The number of benzene rings is 1. The van der Waals surface area contributed by atoms with Gasteiger partial charge in [-0.1, -0.05) is 18.2 Å². The summed E-state index contributed by atoms with van der Waals surface area (Å²) in [5.41, 5.74) is 2.53. The van der Waals surface area contributed by atoms with Crippen LogP contribution < -0.4 is 4.74 Å². The van der Waals surface area contributed by atoms with Crippen molar-refractivity contribution in [1.29, 1.82) is 0 Å². The summed E-state index contributed by atoms with van der Waals surface area (Å²) in [5, 5.41) is 0. The Kier molecular flexibility index (Phi) is 5.38. The molecule has 2 heterocycles. The van der Waals surface area contributed by atoms with Crippen molar-refractivity contribution in [3.8, 4) is 5.75 Å². The van der Waals surface area contributed by atoms with Crippen LogP contribution in [0.4, 0.5) is 0 Å². The lowest BCUT2D eigenvalue weighted by Gasteiger charge is -2.29. The van der Waals surface area contributed by atoms with Crippen LogP contribution in [0.1, 0.15) is 64.9 Å². The Hall–Kier alpha value is -3.08. The number of amides is 1. The van der Waals surface area contributed by atoms with E-state index in [1.807, 2.05) is 67.3 Å². The van der Waals surface area contributed by atoms with Crippen LogP contribution in [0.25, 0.3) is 0 Å². The Bertz CT molecular complexity index is 975. The number of furan rings is 1. The number of ether oxygens (including phenoxy) is 1. The van der Waals surface area contributed by atoms with E-state index in [0.29, 0.717) is 23.8 Å². The molecule has 1 aliphatic carbocycles. The predicted molar refractivity (Wildman–Crippen MR) is 111 cm³/mol. The SMILES string of the molecule is COc1ccc(C(C)N(Cc2ccccn2)C(=O)c2cc(C3CC3)oc2C)cc1. The minimum absolute atomic E-state index is 0.0351. The highest BCUT2D eigenvalue weighted by molar-refractivity contribution is 5.95. The smallest absolute Gasteiger partial charge is 0.258 e. The second kappa shape index (κ2) is 8.11. The largest absolute Gasteiger partial charge is 0.497 e. The molecule has 1 aromatic carbocycles. The second-order valence-electron chi connectivity index (χ2n) is 7.60. The third-order valence-corrected chi connectivity index (χ3v) is 5.53. The minimum Gasteiger partial charge on any atom is -0.497 e. The number of carbonyl (C=O) groups is 1. The minimum atomic E-state index is -0.130. The zero-order chi connectivity index (χ0) is 20.4. The van der Waals surface area contributed by atoms with Crippen LogP contribution in [-0.2, 0) is 6.54 Å². The topological polar surface area (TPSA) is 55.6 Å². The summed E-state index contributed by atoms with van der Waals surface area (Å²) in [5.74, 6) is 2.85. The highest BCUT2D eigenvalue weighted by atomic mass is 16.5. The molecule has 1 saturated carbocycles. The van der Waals surface area contributed by atoms with Crippen LogP contribution in [0.5, 0.6) is 5.75 Å². The summed E-state index contributed by atoms with van der Waals surface area (Å²) in [4.78, 5) is 19.9. The van der Waals surface area contributed by atoms with E-state index >= 15 is 0 Å².